The number of amides is 2. The van der Waals surface area contributed by atoms with Gasteiger partial charge in [0.25, 0.3) is 0 Å². The van der Waals surface area contributed by atoms with Gasteiger partial charge >= 0.3 is 0 Å². The van der Waals surface area contributed by atoms with Crippen LogP contribution in [0.2, 0.25) is 0 Å². The van der Waals surface area contributed by atoms with Gasteiger partial charge in [-0.2, -0.15) is 0 Å². The van der Waals surface area contributed by atoms with Crippen LogP contribution in [0.4, 0.5) is 5.69 Å². The van der Waals surface area contributed by atoms with Crippen molar-refractivity contribution in [2.24, 2.45) is 0 Å². The monoisotopic (exact) mass is 445 g/mol. The van der Waals surface area contributed by atoms with E-state index >= 15 is 0 Å². The first-order chi connectivity index (χ1) is 14.4. The smallest absolute Gasteiger partial charge is 0.244 e. The highest BCUT2D eigenvalue weighted by Crippen LogP contribution is 2.22. The molecule has 0 aliphatic carbocycles. The third kappa shape index (κ3) is 6.30. The molecule has 0 aliphatic heterocycles. The number of hydrogen-bond acceptors (Lipinski definition) is 4. The van der Waals surface area contributed by atoms with Crippen molar-refractivity contribution in [2.45, 2.75) is 40.3 Å². The zero-order valence-corrected chi connectivity index (χ0v) is 19.8. The molecule has 1 N–H and O–H groups in total. The Kier molecular flexibility index (Phi) is 7.84. The number of rotatable bonds is 8. The molecule has 0 fully saturated rings. The second-order valence-corrected chi connectivity index (χ2v) is 9.74. The summed E-state index contributed by atoms with van der Waals surface area (Å²) in [6.45, 7) is 7.22. The maximum absolute atomic E-state index is 13.3. The van der Waals surface area contributed by atoms with Crippen molar-refractivity contribution in [2.75, 3.05) is 24.2 Å². The van der Waals surface area contributed by atoms with Crippen LogP contribution in [0.15, 0.2) is 42.5 Å². The molecule has 0 radical (unpaired) electrons. The molecule has 1 unspecified atom stereocenters. The van der Waals surface area contributed by atoms with Crippen molar-refractivity contribution >= 4 is 27.5 Å². The van der Waals surface area contributed by atoms with Gasteiger partial charge in [0.2, 0.25) is 21.8 Å². The lowest BCUT2D eigenvalue weighted by atomic mass is 10.1. The molecule has 0 bridgehead atoms. The Balaban J connectivity index is 2.39. The molecule has 0 saturated heterocycles. The fourth-order valence-electron chi connectivity index (χ4n) is 3.18. The minimum Gasteiger partial charge on any atom is -0.357 e. The van der Waals surface area contributed by atoms with Gasteiger partial charge in [-0.3, -0.25) is 13.9 Å². The summed E-state index contributed by atoms with van der Waals surface area (Å²) in [5.74, 6) is -0.780. The van der Waals surface area contributed by atoms with Crippen molar-refractivity contribution in [3.8, 4) is 0 Å². The Hall–Kier alpha value is -2.87. The number of likely N-dealkylation sites (N-methyl/N-ethyl adjacent to an activating group) is 1. The minimum atomic E-state index is -3.72. The van der Waals surface area contributed by atoms with Crippen LogP contribution in [0.1, 0.15) is 29.2 Å². The van der Waals surface area contributed by atoms with E-state index in [0.717, 1.165) is 32.8 Å². The van der Waals surface area contributed by atoms with Crippen LogP contribution in [-0.2, 0) is 26.2 Å². The van der Waals surface area contributed by atoms with Crippen LogP contribution in [0, 0.1) is 20.8 Å². The van der Waals surface area contributed by atoms with Gasteiger partial charge in [0.15, 0.2) is 0 Å². The normalized spacial score (nSPS) is 12.2. The summed E-state index contributed by atoms with van der Waals surface area (Å²) in [6.07, 6.45) is 1.07. The largest absolute Gasteiger partial charge is 0.357 e. The molecule has 0 aromatic heterocycles. The highest BCUT2D eigenvalue weighted by atomic mass is 32.2. The molecule has 0 saturated carbocycles. The SMILES string of the molecule is CNC(=O)C(C)N(Cc1ccc(C)cc1)C(=O)CN(c1ccc(C)c(C)c1)S(C)(=O)=O. The van der Waals surface area contributed by atoms with E-state index < -0.39 is 28.5 Å². The molecular weight excluding hydrogens is 414 g/mol. The predicted octanol–water partition coefficient (Wildman–Crippen LogP) is 2.54. The van der Waals surface area contributed by atoms with E-state index in [4.69, 9.17) is 0 Å². The Morgan fingerprint density at radius 3 is 2.13 bits per heavy atom. The number of benzene rings is 2. The van der Waals surface area contributed by atoms with E-state index in [0.29, 0.717) is 5.69 Å². The molecule has 31 heavy (non-hydrogen) atoms. The zero-order valence-electron chi connectivity index (χ0n) is 19.0. The van der Waals surface area contributed by atoms with Crippen molar-refractivity contribution in [1.29, 1.82) is 0 Å². The Morgan fingerprint density at radius 2 is 1.61 bits per heavy atom. The van der Waals surface area contributed by atoms with E-state index in [-0.39, 0.29) is 12.5 Å². The van der Waals surface area contributed by atoms with E-state index in [1.165, 1.54) is 11.9 Å². The number of nitrogens with zero attached hydrogens (tertiary/aromatic N) is 2. The fraction of sp³-hybridized carbons (Fsp3) is 0.391. The summed E-state index contributed by atoms with van der Waals surface area (Å²) in [7, 11) is -2.22. The molecular formula is C23H31N3O4S. The maximum atomic E-state index is 13.3. The first kappa shape index (κ1) is 24.4. The Morgan fingerprint density at radius 1 is 1.00 bits per heavy atom. The number of carbonyl (C=O) groups is 2. The molecule has 2 rings (SSSR count). The second kappa shape index (κ2) is 9.96. The first-order valence-electron chi connectivity index (χ1n) is 10.1. The summed E-state index contributed by atoms with van der Waals surface area (Å²) in [5, 5.41) is 2.56. The molecule has 1 atom stereocenters. The van der Waals surface area contributed by atoms with Gasteiger partial charge in [0.05, 0.1) is 11.9 Å². The molecule has 2 aromatic rings. The summed E-state index contributed by atoms with van der Waals surface area (Å²) in [6, 6.07) is 12.1. The highest BCUT2D eigenvalue weighted by Gasteiger charge is 2.29. The van der Waals surface area contributed by atoms with Crippen molar-refractivity contribution in [3.63, 3.8) is 0 Å². The summed E-state index contributed by atoms with van der Waals surface area (Å²) in [4.78, 5) is 27.0. The second-order valence-electron chi connectivity index (χ2n) is 7.84. The Labute approximate surface area is 185 Å². The lowest BCUT2D eigenvalue weighted by Crippen LogP contribution is -2.50. The van der Waals surface area contributed by atoms with E-state index in [1.807, 2.05) is 51.1 Å². The van der Waals surface area contributed by atoms with Gasteiger partial charge < -0.3 is 10.2 Å². The van der Waals surface area contributed by atoms with Crippen molar-refractivity contribution in [1.82, 2.24) is 10.2 Å². The van der Waals surface area contributed by atoms with Crippen LogP contribution in [0.25, 0.3) is 0 Å². The van der Waals surface area contributed by atoms with Crippen LogP contribution in [-0.4, -0.2) is 51.0 Å². The third-order valence-corrected chi connectivity index (χ3v) is 6.49. The van der Waals surface area contributed by atoms with Gasteiger partial charge in [-0.15, -0.1) is 0 Å². The number of carbonyl (C=O) groups excluding carboxylic acids is 2. The average Bonchev–Trinajstić information content (AvgIpc) is 2.71. The molecule has 168 valence electrons. The predicted molar refractivity (Wildman–Crippen MR) is 123 cm³/mol. The van der Waals surface area contributed by atoms with Crippen molar-refractivity contribution < 1.29 is 18.0 Å². The maximum Gasteiger partial charge on any atom is 0.244 e. The number of aryl methyl sites for hydroxylation is 3. The van der Waals surface area contributed by atoms with Gasteiger partial charge in [-0.1, -0.05) is 35.9 Å². The van der Waals surface area contributed by atoms with Crippen LogP contribution in [0.5, 0.6) is 0 Å². The number of hydrogen-bond donors (Lipinski definition) is 1. The molecule has 2 amide bonds. The van der Waals surface area contributed by atoms with E-state index in [2.05, 4.69) is 5.32 Å². The lowest BCUT2D eigenvalue weighted by molar-refractivity contribution is -0.139. The number of nitrogens with one attached hydrogen (secondary N) is 1. The molecule has 7 nitrogen and oxygen atoms in total. The fourth-order valence-corrected chi connectivity index (χ4v) is 4.02. The van der Waals surface area contributed by atoms with Crippen LogP contribution in [0.3, 0.4) is 0 Å². The Bertz CT molecular complexity index is 1050. The van der Waals surface area contributed by atoms with E-state index in [1.54, 1.807) is 19.1 Å². The summed E-state index contributed by atoms with van der Waals surface area (Å²) >= 11 is 0. The zero-order chi connectivity index (χ0) is 23.3. The van der Waals surface area contributed by atoms with Gasteiger partial charge in [-0.05, 0) is 56.5 Å². The van der Waals surface area contributed by atoms with Gasteiger partial charge in [0, 0.05) is 13.6 Å². The summed E-state index contributed by atoms with van der Waals surface area (Å²) < 4.78 is 26.1. The molecule has 0 heterocycles. The summed E-state index contributed by atoms with van der Waals surface area (Å²) in [5.41, 5.74) is 4.30. The van der Waals surface area contributed by atoms with Crippen molar-refractivity contribution in [3.05, 3.63) is 64.7 Å². The number of sulfonamides is 1. The van der Waals surface area contributed by atoms with Crippen LogP contribution >= 0.6 is 0 Å². The molecule has 0 aliphatic rings. The highest BCUT2D eigenvalue weighted by molar-refractivity contribution is 7.92. The van der Waals surface area contributed by atoms with E-state index in [9.17, 15) is 18.0 Å². The van der Waals surface area contributed by atoms with Gasteiger partial charge in [0.1, 0.15) is 12.6 Å². The average molecular weight is 446 g/mol. The third-order valence-electron chi connectivity index (χ3n) is 5.34. The molecule has 0 spiro atoms. The quantitative estimate of drug-likeness (QED) is 0.677. The first-order valence-corrected chi connectivity index (χ1v) is 11.9. The lowest BCUT2D eigenvalue weighted by Gasteiger charge is -2.31. The molecule has 8 heteroatoms. The standard InChI is InChI=1S/C23H31N3O4S/c1-16-7-10-20(11-8-16)14-25(19(4)23(28)24-5)22(27)15-26(31(6,29)30)21-12-9-17(2)18(3)13-21/h7-13,19H,14-15H2,1-6H3,(H,24,28). The van der Waals surface area contributed by atoms with Gasteiger partial charge in [-0.25, -0.2) is 8.42 Å². The number of anilines is 1. The van der Waals surface area contributed by atoms with Crippen LogP contribution < -0.4 is 9.62 Å². The topological polar surface area (TPSA) is 86.8 Å². The molecule has 2 aromatic carbocycles. The minimum absolute atomic E-state index is 0.193.